The number of nitrogens with two attached hydrogens (primary N) is 1. The van der Waals surface area contributed by atoms with Crippen molar-refractivity contribution in [2.24, 2.45) is 7.05 Å². The van der Waals surface area contributed by atoms with Gasteiger partial charge >= 0.3 is 11.8 Å². The highest BCUT2D eigenvalue weighted by atomic mass is 16.4. The molecular formula is C26H32N4O5. The maximum atomic E-state index is 13.2. The van der Waals surface area contributed by atoms with Crippen LogP contribution in [-0.4, -0.2) is 25.4 Å². The molecule has 0 spiro atoms. The van der Waals surface area contributed by atoms with Gasteiger partial charge in [0.15, 0.2) is 5.69 Å². The summed E-state index contributed by atoms with van der Waals surface area (Å²) in [5.41, 5.74) is 6.25. The zero-order valence-electron chi connectivity index (χ0n) is 20.3. The molecule has 0 saturated carbocycles. The summed E-state index contributed by atoms with van der Waals surface area (Å²) in [7, 11) is 1.28. The summed E-state index contributed by atoms with van der Waals surface area (Å²) < 4.78 is 1.95. The number of hydrogen-bond donors (Lipinski definition) is 3. The topological polar surface area (TPSA) is 131 Å². The Labute approximate surface area is 203 Å². The van der Waals surface area contributed by atoms with E-state index in [0.29, 0.717) is 29.7 Å². The first-order valence-electron chi connectivity index (χ1n) is 11.8. The van der Waals surface area contributed by atoms with Crippen LogP contribution < -0.4 is 21.9 Å². The summed E-state index contributed by atoms with van der Waals surface area (Å²) in [6.07, 6.45) is 3.08. The van der Waals surface area contributed by atoms with E-state index in [1.165, 1.54) is 7.05 Å². The van der Waals surface area contributed by atoms with Crippen LogP contribution in [0.15, 0.2) is 52.1 Å². The van der Waals surface area contributed by atoms with Gasteiger partial charge in [-0.1, -0.05) is 44.9 Å². The van der Waals surface area contributed by atoms with Gasteiger partial charge in [0.25, 0.3) is 5.56 Å². The molecule has 3 rings (SSSR count). The number of aromatic hydroxyl groups is 1. The molecule has 0 aliphatic heterocycles. The number of aryl methyl sites for hydroxylation is 2. The Bertz CT molecular complexity index is 1300. The number of rotatable bonds is 9. The second-order valence-electron chi connectivity index (χ2n) is 8.49. The highest BCUT2D eigenvalue weighted by Crippen LogP contribution is 2.35. The second kappa shape index (κ2) is 10.9. The minimum Gasteiger partial charge on any atom is -0.507 e. The van der Waals surface area contributed by atoms with E-state index in [1.54, 1.807) is 42.5 Å². The van der Waals surface area contributed by atoms with Crippen LogP contribution >= 0.6 is 0 Å². The number of carboxylic acid groups (broad SMARTS) is 1. The number of unbranched alkanes of at least 4 members (excludes halogenated alkanes) is 2. The fraction of sp³-hybridized carbons (Fsp3) is 0.346. The average molecular weight is 481 g/mol. The maximum Gasteiger partial charge on any atom is 0.416 e. The summed E-state index contributed by atoms with van der Waals surface area (Å²) in [6.45, 7) is 4.05. The second-order valence-corrected chi connectivity index (χ2v) is 8.49. The number of phenolic OH excluding ortho intramolecular Hbond substituents is 1. The van der Waals surface area contributed by atoms with E-state index in [1.807, 2.05) is 13.8 Å². The van der Waals surface area contributed by atoms with E-state index < -0.39 is 17.3 Å². The van der Waals surface area contributed by atoms with Crippen molar-refractivity contribution < 1.29 is 15.0 Å². The van der Waals surface area contributed by atoms with E-state index >= 15 is 0 Å². The molecule has 0 fully saturated rings. The third-order valence-corrected chi connectivity index (χ3v) is 6.01. The Morgan fingerprint density at radius 2 is 1.54 bits per heavy atom. The lowest BCUT2D eigenvalue weighted by Crippen LogP contribution is -2.43. The van der Waals surface area contributed by atoms with Gasteiger partial charge in [0.1, 0.15) is 11.6 Å². The van der Waals surface area contributed by atoms with Gasteiger partial charge in [0, 0.05) is 7.05 Å². The van der Waals surface area contributed by atoms with E-state index in [0.717, 1.165) is 39.7 Å². The number of para-hydroxylation sites is 1. The monoisotopic (exact) mass is 480 g/mol. The predicted octanol–water partition coefficient (Wildman–Crippen LogP) is 4.33. The molecule has 9 nitrogen and oxygen atoms in total. The molecule has 1 aromatic heterocycles. The van der Waals surface area contributed by atoms with Crippen molar-refractivity contribution in [1.29, 1.82) is 0 Å². The fourth-order valence-electron chi connectivity index (χ4n) is 4.07. The number of aromatic nitrogens is 2. The number of benzene rings is 2. The smallest absolute Gasteiger partial charge is 0.416 e. The Hall–Kier alpha value is -4.01. The summed E-state index contributed by atoms with van der Waals surface area (Å²) >= 11 is 0. The third kappa shape index (κ3) is 5.08. The molecule has 1 amide bonds. The molecule has 4 N–H and O–H groups in total. The van der Waals surface area contributed by atoms with Crippen LogP contribution in [0, 0.1) is 0 Å². The number of amides is 1. The Kier molecular flexibility index (Phi) is 8.01. The lowest BCUT2D eigenvalue weighted by molar-refractivity contribution is 0.204. The molecule has 0 unspecified atom stereocenters. The van der Waals surface area contributed by atoms with Crippen LogP contribution in [-0.2, 0) is 19.9 Å². The lowest BCUT2D eigenvalue weighted by Gasteiger charge is -2.24. The number of carbonyl (C=O) groups is 1. The standard InChI is InChI=1S/C26H32N4O5/c1-4-6-11-17-15-20(16-18(22(17)31)12-7-5-2)29(26(34)35)21-23(27)30(19-13-9-8-10-14-19)25(33)28(3)24(21)32/h8-10,13-16,31H,4-7,11-12,27H2,1-3H3,(H,34,35). The van der Waals surface area contributed by atoms with Crippen LogP contribution in [0.3, 0.4) is 0 Å². The molecule has 35 heavy (non-hydrogen) atoms. The van der Waals surface area contributed by atoms with Crippen molar-refractivity contribution >= 4 is 23.3 Å². The molecule has 3 aromatic rings. The molecule has 0 radical (unpaired) electrons. The Morgan fingerprint density at radius 3 is 2.03 bits per heavy atom. The van der Waals surface area contributed by atoms with E-state index in [-0.39, 0.29) is 22.9 Å². The zero-order valence-corrected chi connectivity index (χ0v) is 20.3. The van der Waals surface area contributed by atoms with Gasteiger partial charge in [-0.05, 0) is 61.1 Å². The fourth-order valence-corrected chi connectivity index (χ4v) is 4.07. The van der Waals surface area contributed by atoms with Crippen LogP contribution in [0.4, 0.5) is 22.0 Å². The van der Waals surface area contributed by atoms with Gasteiger partial charge < -0.3 is 15.9 Å². The largest absolute Gasteiger partial charge is 0.507 e. The molecule has 0 saturated heterocycles. The normalized spacial score (nSPS) is 10.9. The van der Waals surface area contributed by atoms with E-state index in [9.17, 15) is 24.6 Å². The summed E-state index contributed by atoms with van der Waals surface area (Å²) in [4.78, 5) is 39.5. The molecule has 1 heterocycles. The highest BCUT2D eigenvalue weighted by molar-refractivity contribution is 5.97. The van der Waals surface area contributed by atoms with Gasteiger partial charge in [0.2, 0.25) is 0 Å². The van der Waals surface area contributed by atoms with Gasteiger partial charge in [-0.2, -0.15) is 0 Å². The SMILES string of the molecule is CCCCc1cc(N(C(=O)O)c2c(N)n(-c3ccccc3)c(=O)n(C)c2=O)cc(CCCC)c1O. The van der Waals surface area contributed by atoms with Crippen LogP contribution in [0.25, 0.3) is 5.69 Å². The molecule has 9 heteroatoms. The molecule has 0 aliphatic carbocycles. The van der Waals surface area contributed by atoms with Crippen LogP contribution in [0.1, 0.15) is 50.7 Å². The third-order valence-electron chi connectivity index (χ3n) is 6.01. The predicted molar refractivity (Wildman–Crippen MR) is 137 cm³/mol. The minimum atomic E-state index is -1.43. The van der Waals surface area contributed by atoms with Crippen molar-refractivity contribution in [3.8, 4) is 11.4 Å². The van der Waals surface area contributed by atoms with Gasteiger partial charge in [0.05, 0.1) is 11.4 Å². The number of nitrogen functional groups attached to an aromatic ring is 1. The zero-order chi connectivity index (χ0) is 25.7. The highest BCUT2D eigenvalue weighted by Gasteiger charge is 2.28. The van der Waals surface area contributed by atoms with Crippen molar-refractivity contribution in [1.82, 2.24) is 9.13 Å². The first-order valence-corrected chi connectivity index (χ1v) is 11.8. The maximum absolute atomic E-state index is 13.2. The molecule has 2 aromatic carbocycles. The Balaban J connectivity index is 2.32. The first-order chi connectivity index (χ1) is 16.7. The molecule has 0 atom stereocenters. The van der Waals surface area contributed by atoms with Crippen LogP contribution in [0.2, 0.25) is 0 Å². The van der Waals surface area contributed by atoms with Crippen molar-refractivity contribution in [2.75, 3.05) is 10.6 Å². The number of nitrogens with zero attached hydrogens (tertiary/aromatic N) is 3. The van der Waals surface area contributed by atoms with Gasteiger partial charge in [-0.25, -0.2) is 19.1 Å². The summed E-state index contributed by atoms with van der Waals surface area (Å²) in [5.74, 6) is -0.138. The van der Waals surface area contributed by atoms with E-state index in [2.05, 4.69) is 0 Å². The van der Waals surface area contributed by atoms with Crippen molar-refractivity contribution in [3.05, 3.63) is 74.4 Å². The first kappa shape index (κ1) is 25.6. The minimum absolute atomic E-state index is 0.149. The van der Waals surface area contributed by atoms with Gasteiger partial charge in [-0.3, -0.25) is 9.36 Å². The van der Waals surface area contributed by atoms with E-state index in [4.69, 9.17) is 5.73 Å². The summed E-state index contributed by atoms with van der Waals surface area (Å²) in [6, 6.07) is 11.6. The van der Waals surface area contributed by atoms with Crippen LogP contribution in [0.5, 0.6) is 5.75 Å². The average Bonchev–Trinajstić information content (AvgIpc) is 2.84. The number of anilines is 3. The van der Waals surface area contributed by atoms with Crippen molar-refractivity contribution in [2.45, 2.75) is 52.4 Å². The molecule has 0 bridgehead atoms. The lowest BCUT2D eigenvalue weighted by atomic mass is 9.98. The molecular weight excluding hydrogens is 448 g/mol. The van der Waals surface area contributed by atoms with Crippen molar-refractivity contribution in [3.63, 3.8) is 0 Å². The quantitative estimate of drug-likeness (QED) is 0.418. The number of phenols is 1. The van der Waals surface area contributed by atoms with Gasteiger partial charge in [-0.15, -0.1) is 0 Å². The summed E-state index contributed by atoms with van der Waals surface area (Å²) in [5, 5.41) is 21.1. The Morgan fingerprint density at radius 1 is 1.00 bits per heavy atom. The molecule has 0 aliphatic rings. The number of hydrogen-bond acceptors (Lipinski definition) is 5. The molecule has 186 valence electrons.